The predicted octanol–water partition coefficient (Wildman–Crippen LogP) is 3.12. The van der Waals surface area contributed by atoms with E-state index in [4.69, 9.17) is 34.8 Å². The van der Waals surface area contributed by atoms with E-state index in [-0.39, 0.29) is 5.69 Å². The summed E-state index contributed by atoms with van der Waals surface area (Å²) in [6.45, 7) is 0. The monoisotopic (exact) mass is 391 g/mol. The molecule has 0 aliphatic carbocycles. The Balaban J connectivity index is 2.88. The minimum atomic E-state index is -1.96. The van der Waals surface area contributed by atoms with Gasteiger partial charge in [-0.3, -0.25) is 10.1 Å². The number of rotatable bonds is 4. The number of hydrogen-bond acceptors (Lipinski definition) is 4. The van der Waals surface area contributed by atoms with Crippen molar-refractivity contribution >= 4 is 56.4 Å². The number of halogens is 4. The van der Waals surface area contributed by atoms with Crippen molar-refractivity contribution in [3.05, 3.63) is 39.9 Å². The summed E-state index contributed by atoms with van der Waals surface area (Å²) in [5, 5.41) is 30.2. The van der Waals surface area contributed by atoms with Gasteiger partial charge in [0.2, 0.25) is 3.79 Å². The highest BCUT2D eigenvalue weighted by molar-refractivity contribution is 9.09. The molecule has 0 aromatic heterocycles. The fraction of sp³-hybridized carbons (Fsp3) is 0.400. The van der Waals surface area contributed by atoms with Crippen LogP contribution < -0.4 is 0 Å². The van der Waals surface area contributed by atoms with Gasteiger partial charge in [0, 0.05) is 12.1 Å². The van der Waals surface area contributed by atoms with Crippen LogP contribution in [0.3, 0.4) is 0 Å². The van der Waals surface area contributed by atoms with Crippen molar-refractivity contribution in [2.24, 2.45) is 0 Å². The van der Waals surface area contributed by atoms with Gasteiger partial charge in [0.25, 0.3) is 5.69 Å². The molecule has 0 saturated heterocycles. The van der Waals surface area contributed by atoms with Gasteiger partial charge >= 0.3 is 0 Å². The molecule has 0 saturated carbocycles. The van der Waals surface area contributed by atoms with E-state index in [0.717, 1.165) is 0 Å². The minimum absolute atomic E-state index is 0.107. The van der Waals surface area contributed by atoms with Crippen LogP contribution in [0.5, 0.6) is 0 Å². The second-order valence-corrected chi connectivity index (χ2v) is 7.15. The number of nitro groups is 1. The predicted molar refractivity (Wildman–Crippen MR) is 77.1 cm³/mol. The van der Waals surface area contributed by atoms with E-state index in [9.17, 15) is 20.3 Å². The molecule has 0 amide bonds. The second kappa shape index (κ2) is 6.56. The quantitative estimate of drug-likeness (QED) is 0.468. The van der Waals surface area contributed by atoms with Gasteiger partial charge < -0.3 is 10.2 Å². The number of nitro benzene ring substituents is 1. The molecule has 0 unspecified atom stereocenters. The number of hydrogen-bond donors (Lipinski definition) is 2. The molecule has 0 fully saturated rings. The highest BCUT2D eigenvalue weighted by atomic mass is 79.9. The van der Waals surface area contributed by atoms with Crippen LogP contribution in [0.4, 0.5) is 5.69 Å². The van der Waals surface area contributed by atoms with Crippen LogP contribution in [0.25, 0.3) is 0 Å². The number of nitrogens with zero attached hydrogens (tertiary/aromatic N) is 1. The maximum absolute atomic E-state index is 10.5. The number of non-ortho nitro benzene ring substituents is 1. The third kappa shape index (κ3) is 4.44. The topological polar surface area (TPSA) is 83.6 Å². The molecule has 0 aliphatic rings. The molecule has 0 heterocycles. The van der Waals surface area contributed by atoms with Crippen LogP contribution in [-0.2, 0) is 0 Å². The highest BCUT2D eigenvalue weighted by Gasteiger charge is 2.39. The van der Waals surface area contributed by atoms with E-state index in [0.29, 0.717) is 5.56 Å². The molecule has 1 aromatic carbocycles. The first-order valence-electron chi connectivity index (χ1n) is 4.96. The summed E-state index contributed by atoms with van der Waals surface area (Å²) in [7, 11) is 0. The lowest BCUT2D eigenvalue weighted by Crippen LogP contribution is -2.37. The second-order valence-electron chi connectivity index (χ2n) is 3.72. The number of aliphatic hydroxyl groups is 2. The van der Waals surface area contributed by atoms with E-state index >= 15 is 0 Å². The summed E-state index contributed by atoms with van der Waals surface area (Å²) in [5.74, 6) is 0. The van der Waals surface area contributed by atoms with Crippen LogP contribution in [0, 0.1) is 10.1 Å². The van der Waals surface area contributed by atoms with Crippen LogP contribution in [0.1, 0.15) is 11.7 Å². The van der Waals surface area contributed by atoms with Crippen molar-refractivity contribution in [3.8, 4) is 0 Å². The maximum Gasteiger partial charge on any atom is 0.269 e. The molecule has 1 rings (SSSR count). The lowest BCUT2D eigenvalue weighted by Gasteiger charge is -2.27. The molecule has 106 valence electrons. The average Bonchev–Trinajstić information content (AvgIpc) is 2.35. The fourth-order valence-corrected chi connectivity index (χ4v) is 2.90. The van der Waals surface area contributed by atoms with Crippen molar-refractivity contribution in [3.63, 3.8) is 0 Å². The summed E-state index contributed by atoms with van der Waals surface area (Å²) in [6.07, 6.45) is -2.64. The van der Waals surface area contributed by atoms with Crippen LogP contribution in [0.2, 0.25) is 0 Å². The Kier molecular flexibility index (Phi) is 5.85. The molecule has 3 atom stereocenters. The number of aliphatic hydroxyl groups excluding tert-OH is 2. The van der Waals surface area contributed by atoms with Crippen molar-refractivity contribution in [2.75, 3.05) is 0 Å². The van der Waals surface area contributed by atoms with Gasteiger partial charge in [0.1, 0.15) is 6.10 Å². The molecule has 0 bridgehead atoms. The molecular weight excluding hydrogens is 384 g/mol. The molecule has 9 heteroatoms. The average molecular weight is 393 g/mol. The molecule has 0 radical (unpaired) electrons. The Morgan fingerprint density at radius 2 is 1.68 bits per heavy atom. The van der Waals surface area contributed by atoms with Crippen LogP contribution in [-0.4, -0.2) is 29.9 Å². The van der Waals surface area contributed by atoms with Crippen molar-refractivity contribution in [1.29, 1.82) is 0 Å². The van der Waals surface area contributed by atoms with Crippen LogP contribution >= 0.6 is 50.7 Å². The molecular formula is C10H9BrCl3NO4. The molecule has 0 spiro atoms. The number of benzene rings is 1. The lowest BCUT2D eigenvalue weighted by atomic mass is 10.0. The van der Waals surface area contributed by atoms with Gasteiger partial charge in [0.15, 0.2) is 0 Å². The third-order valence-corrected chi connectivity index (χ3v) is 4.06. The first-order valence-corrected chi connectivity index (χ1v) is 7.01. The smallest absolute Gasteiger partial charge is 0.269 e. The van der Waals surface area contributed by atoms with Gasteiger partial charge in [-0.15, -0.1) is 0 Å². The maximum atomic E-state index is 10.5. The van der Waals surface area contributed by atoms with Gasteiger partial charge in [-0.05, 0) is 17.7 Å². The van der Waals surface area contributed by atoms with Gasteiger partial charge in [-0.25, -0.2) is 0 Å². The first-order chi connectivity index (χ1) is 8.64. The molecule has 1 aromatic rings. The lowest BCUT2D eigenvalue weighted by molar-refractivity contribution is -0.384. The summed E-state index contributed by atoms with van der Waals surface area (Å²) in [5.41, 5.74) is 0.241. The Labute approximate surface area is 132 Å². The minimum Gasteiger partial charge on any atom is -0.387 e. The van der Waals surface area contributed by atoms with Gasteiger partial charge in [-0.2, -0.15) is 0 Å². The van der Waals surface area contributed by atoms with E-state index in [1.165, 1.54) is 24.3 Å². The molecule has 5 nitrogen and oxygen atoms in total. The fourth-order valence-electron chi connectivity index (χ4n) is 1.33. The molecule has 0 aliphatic heterocycles. The zero-order chi connectivity index (χ0) is 14.8. The SMILES string of the molecule is O=[N+]([O-])c1ccc([C@H](O)[C@@H](Br)[C@@H](O)C(Cl)(Cl)Cl)cc1. The third-order valence-electron chi connectivity index (χ3n) is 2.38. The summed E-state index contributed by atoms with van der Waals surface area (Å²) in [6, 6.07) is 5.20. The zero-order valence-electron chi connectivity index (χ0n) is 9.21. The Morgan fingerprint density at radius 1 is 1.21 bits per heavy atom. The zero-order valence-corrected chi connectivity index (χ0v) is 13.1. The first kappa shape index (κ1) is 16.9. The highest BCUT2D eigenvalue weighted by Crippen LogP contribution is 2.38. The van der Waals surface area contributed by atoms with Crippen molar-refractivity contribution in [2.45, 2.75) is 20.8 Å². The Bertz CT molecular complexity index is 451. The van der Waals surface area contributed by atoms with Gasteiger partial charge in [-0.1, -0.05) is 50.7 Å². The standard InChI is InChI=1S/C10H9BrCl3NO4/c11-7(9(17)10(12,13)14)8(16)5-1-3-6(4-2-5)15(18)19/h1-4,7-9,16-17H/t7-,8+,9-/m1/s1. The van der Waals surface area contributed by atoms with E-state index < -0.39 is 25.8 Å². The summed E-state index contributed by atoms with van der Waals surface area (Å²) < 4.78 is -1.96. The van der Waals surface area contributed by atoms with Gasteiger partial charge in [0.05, 0.1) is 15.9 Å². The summed E-state index contributed by atoms with van der Waals surface area (Å²) >= 11 is 19.6. The Hall–Kier alpha value is -0.110. The summed E-state index contributed by atoms with van der Waals surface area (Å²) in [4.78, 5) is 9.00. The normalized spacial score (nSPS) is 16.7. The van der Waals surface area contributed by atoms with Crippen LogP contribution in [0.15, 0.2) is 24.3 Å². The van der Waals surface area contributed by atoms with E-state index in [1.54, 1.807) is 0 Å². The molecule has 19 heavy (non-hydrogen) atoms. The largest absolute Gasteiger partial charge is 0.387 e. The van der Waals surface area contributed by atoms with Crippen molar-refractivity contribution < 1.29 is 15.1 Å². The Morgan fingerprint density at radius 3 is 2.05 bits per heavy atom. The molecule has 2 N–H and O–H groups in total. The van der Waals surface area contributed by atoms with E-state index in [1.807, 2.05) is 0 Å². The van der Waals surface area contributed by atoms with E-state index in [2.05, 4.69) is 15.9 Å². The van der Waals surface area contributed by atoms with Crippen molar-refractivity contribution in [1.82, 2.24) is 0 Å². The number of alkyl halides is 4.